The van der Waals surface area contributed by atoms with E-state index >= 15 is 0 Å². The van der Waals surface area contributed by atoms with Crippen molar-refractivity contribution < 1.29 is 17.9 Å². The molecule has 0 saturated carbocycles. The van der Waals surface area contributed by atoms with Crippen LogP contribution in [-0.2, 0) is 26.7 Å². The molecule has 5 heterocycles. The summed E-state index contributed by atoms with van der Waals surface area (Å²) in [5.41, 5.74) is 2.81. The van der Waals surface area contributed by atoms with Gasteiger partial charge in [-0.15, -0.1) is 0 Å². The van der Waals surface area contributed by atoms with Crippen LogP contribution in [0.3, 0.4) is 0 Å². The van der Waals surface area contributed by atoms with E-state index in [0.717, 1.165) is 39.9 Å². The summed E-state index contributed by atoms with van der Waals surface area (Å²) < 4.78 is 30.0. The summed E-state index contributed by atoms with van der Waals surface area (Å²) in [6, 6.07) is 10.2. The van der Waals surface area contributed by atoms with Crippen molar-refractivity contribution in [2.45, 2.75) is 43.8 Å². The number of morpholine rings is 1. The van der Waals surface area contributed by atoms with Crippen LogP contribution in [-0.4, -0.2) is 71.2 Å². The third-order valence-corrected chi connectivity index (χ3v) is 8.76. The molecule has 39 heavy (non-hydrogen) atoms. The summed E-state index contributed by atoms with van der Waals surface area (Å²) in [6.07, 6.45) is 4.71. The zero-order valence-electron chi connectivity index (χ0n) is 22.3. The predicted molar refractivity (Wildman–Crippen MR) is 147 cm³/mol. The summed E-state index contributed by atoms with van der Waals surface area (Å²) >= 11 is 0. The first-order valence-electron chi connectivity index (χ1n) is 12.9. The highest BCUT2D eigenvalue weighted by atomic mass is 32.2. The maximum absolute atomic E-state index is 13.9. The van der Waals surface area contributed by atoms with Gasteiger partial charge in [-0.05, 0) is 51.1 Å². The first-order chi connectivity index (χ1) is 18.6. The summed E-state index contributed by atoms with van der Waals surface area (Å²) in [7, 11) is -3.46. The van der Waals surface area contributed by atoms with Gasteiger partial charge in [0.1, 0.15) is 11.5 Å². The highest BCUT2D eigenvalue weighted by molar-refractivity contribution is 7.90. The fourth-order valence-corrected chi connectivity index (χ4v) is 6.17. The number of benzene rings is 1. The number of carbonyl (C=O) groups is 1. The first-order valence-corrected chi connectivity index (χ1v) is 14.7. The number of anilines is 1. The second-order valence-corrected chi connectivity index (χ2v) is 12.7. The molecule has 1 atom stereocenters. The number of hydrogen-bond acceptors (Lipinski definition) is 8. The number of sulfone groups is 1. The molecule has 0 spiro atoms. The van der Waals surface area contributed by atoms with E-state index in [1.807, 2.05) is 32.2 Å². The van der Waals surface area contributed by atoms with Crippen molar-refractivity contribution in [2.24, 2.45) is 0 Å². The van der Waals surface area contributed by atoms with Crippen LogP contribution in [0.4, 0.5) is 5.82 Å². The molecule has 1 N–H and O–H groups in total. The number of pyridine rings is 1. The lowest BCUT2D eigenvalue weighted by Crippen LogP contribution is -2.44. The number of nitrogens with one attached hydrogen (secondary N) is 1. The van der Waals surface area contributed by atoms with Crippen LogP contribution < -0.4 is 4.90 Å². The van der Waals surface area contributed by atoms with Crippen LogP contribution in [0, 0.1) is 0 Å². The van der Waals surface area contributed by atoms with Gasteiger partial charge in [-0.2, -0.15) is 0 Å². The van der Waals surface area contributed by atoms with E-state index in [4.69, 9.17) is 14.7 Å². The van der Waals surface area contributed by atoms with Gasteiger partial charge < -0.3 is 19.5 Å². The van der Waals surface area contributed by atoms with Crippen LogP contribution in [0.5, 0.6) is 0 Å². The molecule has 2 aliphatic rings. The van der Waals surface area contributed by atoms with Crippen molar-refractivity contribution >= 4 is 32.6 Å². The molecule has 0 aliphatic carbocycles. The maximum atomic E-state index is 13.9. The number of nitrogens with zero attached hydrogens (tertiary/aromatic N) is 5. The van der Waals surface area contributed by atoms with Crippen molar-refractivity contribution in [2.75, 3.05) is 30.9 Å². The molecule has 10 nitrogen and oxygen atoms in total. The molecule has 1 saturated heterocycles. The Morgan fingerprint density at radius 1 is 1.18 bits per heavy atom. The van der Waals surface area contributed by atoms with E-state index in [9.17, 15) is 13.2 Å². The Balaban J connectivity index is 1.50. The lowest BCUT2D eigenvalue weighted by Gasteiger charge is -2.35. The van der Waals surface area contributed by atoms with Gasteiger partial charge in [0.2, 0.25) is 0 Å². The third kappa shape index (κ3) is 4.25. The standard InChI is InChI=1S/C28H30N6O4S/c1-17-16-38-13-12-33(17)26-22-15-34(27(35)18-6-5-7-19(14-18)39(4,36)37)28(2,3)23(22)31-25(32-26)21-9-11-30-24-20(21)8-10-29-24/h5-11,14,17H,12-13,15-16H2,1-4H3,(H,29,30). The van der Waals surface area contributed by atoms with Crippen molar-refractivity contribution in [3.63, 3.8) is 0 Å². The summed E-state index contributed by atoms with van der Waals surface area (Å²) in [5.74, 6) is 1.10. The number of rotatable bonds is 4. The molecule has 1 fully saturated rings. The quantitative estimate of drug-likeness (QED) is 0.413. The molecule has 0 bridgehead atoms. The smallest absolute Gasteiger partial charge is 0.254 e. The van der Waals surface area contributed by atoms with E-state index in [1.165, 1.54) is 12.1 Å². The average molecular weight is 547 g/mol. The van der Waals surface area contributed by atoms with E-state index in [0.29, 0.717) is 37.7 Å². The number of hydrogen-bond donors (Lipinski definition) is 1. The molecule has 1 aromatic carbocycles. The van der Waals surface area contributed by atoms with Crippen molar-refractivity contribution in [3.05, 3.63) is 65.6 Å². The lowest BCUT2D eigenvalue weighted by molar-refractivity contribution is 0.0570. The Morgan fingerprint density at radius 2 is 2.00 bits per heavy atom. The van der Waals surface area contributed by atoms with Gasteiger partial charge in [0.05, 0.1) is 41.9 Å². The molecular formula is C28H30N6O4S. The minimum absolute atomic E-state index is 0.0922. The SMILES string of the molecule is CC1COCCN1c1nc(-c2ccnc3[nH]ccc23)nc2c1CN(C(=O)c1cccc(S(C)(=O)=O)c1)C2(C)C. The van der Waals surface area contributed by atoms with E-state index in [1.54, 1.807) is 23.2 Å². The topological polar surface area (TPSA) is 121 Å². The monoisotopic (exact) mass is 546 g/mol. The van der Waals surface area contributed by atoms with Gasteiger partial charge in [0.15, 0.2) is 15.7 Å². The number of amides is 1. The lowest BCUT2D eigenvalue weighted by atomic mass is 9.98. The molecule has 0 radical (unpaired) electrons. The Bertz CT molecular complexity index is 1710. The Hall–Kier alpha value is -3.83. The largest absolute Gasteiger partial charge is 0.377 e. The van der Waals surface area contributed by atoms with E-state index < -0.39 is 15.4 Å². The maximum Gasteiger partial charge on any atom is 0.254 e. The molecule has 1 unspecified atom stereocenters. The Labute approximate surface area is 227 Å². The second kappa shape index (κ2) is 9.13. The van der Waals surface area contributed by atoms with Crippen molar-refractivity contribution in [1.29, 1.82) is 0 Å². The molecular weight excluding hydrogens is 516 g/mol. The fourth-order valence-electron chi connectivity index (χ4n) is 5.50. The molecule has 6 rings (SSSR count). The van der Waals surface area contributed by atoms with Gasteiger partial charge in [-0.1, -0.05) is 6.07 Å². The van der Waals surface area contributed by atoms with Gasteiger partial charge in [0, 0.05) is 47.3 Å². The molecule has 11 heteroatoms. The predicted octanol–water partition coefficient (Wildman–Crippen LogP) is 3.54. The molecule has 2 aliphatic heterocycles. The van der Waals surface area contributed by atoms with Crippen LogP contribution in [0.25, 0.3) is 22.4 Å². The first kappa shape index (κ1) is 25.4. The average Bonchev–Trinajstić information content (AvgIpc) is 3.50. The second-order valence-electron chi connectivity index (χ2n) is 10.7. The highest BCUT2D eigenvalue weighted by Gasteiger charge is 2.45. The van der Waals surface area contributed by atoms with Gasteiger partial charge in [-0.3, -0.25) is 4.79 Å². The number of aromatic amines is 1. The summed E-state index contributed by atoms with van der Waals surface area (Å²) in [6.45, 7) is 8.18. The Morgan fingerprint density at radius 3 is 2.77 bits per heavy atom. The molecule has 3 aromatic heterocycles. The summed E-state index contributed by atoms with van der Waals surface area (Å²) in [5, 5.41) is 0.916. The molecule has 1 amide bonds. The van der Waals surface area contributed by atoms with Crippen LogP contribution in [0.15, 0.2) is 53.7 Å². The van der Waals surface area contributed by atoms with Crippen LogP contribution >= 0.6 is 0 Å². The zero-order chi connectivity index (χ0) is 27.5. The third-order valence-electron chi connectivity index (χ3n) is 7.65. The van der Waals surface area contributed by atoms with Crippen LogP contribution in [0.2, 0.25) is 0 Å². The zero-order valence-corrected chi connectivity index (χ0v) is 23.1. The minimum Gasteiger partial charge on any atom is -0.377 e. The normalized spacial score (nSPS) is 18.9. The minimum atomic E-state index is -3.46. The van der Waals surface area contributed by atoms with Gasteiger partial charge in [0.25, 0.3) is 5.91 Å². The Kier molecular flexibility index (Phi) is 5.96. The van der Waals surface area contributed by atoms with Gasteiger partial charge in [-0.25, -0.2) is 23.4 Å². The van der Waals surface area contributed by atoms with Crippen LogP contribution in [0.1, 0.15) is 42.4 Å². The summed E-state index contributed by atoms with van der Waals surface area (Å²) in [4.78, 5) is 35.7. The van der Waals surface area contributed by atoms with Gasteiger partial charge >= 0.3 is 0 Å². The fraction of sp³-hybridized carbons (Fsp3) is 0.357. The van der Waals surface area contributed by atoms with E-state index in [-0.39, 0.29) is 16.8 Å². The van der Waals surface area contributed by atoms with E-state index in [2.05, 4.69) is 21.8 Å². The number of fused-ring (bicyclic) bond motifs is 2. The number of carbonyl (C=O) groups excluding carboxylic acids is 1. The van der Waals surface area contributed by atoms with Crippen molar-refractivity contribution in [3.8, 4) is 11.4 Å². The molecule has 4 aromatic rings. The number of aromatic nitrogens is 4. The number of ether oxygens (including phenoxy) is 1. The number of H-pyrrole nitrogens is 1. The highest BCUT2D eigenvalue weighted by Crippen LogP contribution is 2.44. The molecule has 202 valence electrons. The van der Waals surface area contributed by atoms with Crippen molar-refractivity contribution in [1.82, 2.24) is 24.8 Å².